The van der Waals surface area contributed by atoms with Crippen LogP contribution in [0, 0.1) is 0 Å². The average molecular weight is 394 g/mol. The molecule has 1 saturated carbocycles. The zero-order valence-corrected chi connectivity index (χ0v) is 15.0. The Morgan fingerprint density at radius 2 is 1.70 bits per heavy atom. The van der Waals surface area contributed by atoms with E-state index >= 15 is 0 Å². The standard InChI is InChI=1S/C19H17F3N2O2S/c20-19(21,22)13-7-5-12(6-8-13)11-27-18(26)24-16-4-2-1-3-15(16)17(25)23-14-9-10-14/h1-8,14H,9-11H2,(H,23,25)(H,24,26). The fourth-order valence-electron chi connectivity index (χ4n) is 2.37. The minimum atomic E-state index is -4.38. The summed E-state index contributed by atoms with van der Waals surface area (Å²) in [6.07, 6.45) is -2.46. The number of halogens is 3. The molecule has 8 heteroatoms. The van der Waals surface area contributed by atoms with Crippen LogP contribution in [0.25, 0.3) is 0 Å². The summed E-state index contributed by atoms with van der Waals surface area (Å²) < 4.78 is 37.7. The van der Waals surface area contributed by atoms with Crippen molar-refractivity contribution in [2.24, 2.45) is 0 Å². The molecule has 4 nitrogen and oxygen atoms in total. The summed E-state index contributed by atoms with van der Waals surface area (Å²) in [6, 6.07) is 11.6. The molecule has 3 rings (SSSR count). The molecule has 0 atom stereocenters. The number of rotatable bonds is 5. The van der Waals surface area contributed by atoms with Crippen LogP contribution in [0.5, 0.6) is 0 Å². The second kappa shape index (κ2) is 8.04. The van der Waals surface area contributed by atoms with Crippen molar-refractivity contribution in [2.45, 2.75) is 30.8 Å². The lowest BCUT2D eigenvalue weighted by Crippen LogP contribution is -2.26. The molecule has 0 aromatic heterocycles. The molecular formula is C19H17F3N2O2S. The second-order valence-electron chi connectivity index (χ2n) is 6.19. The molecule has 0 spiro atoms. The zero-order valence-electron chi connectivity index (χ0n) is 14.2. The number of carbonyl (C=O) groups is 2. The number of nitrogens with one attached hydrogen (secondary N) is 2. The lowest BCUT2D eigenvalue weighted by molar-refractivity contribution is -0.137. The van der Waals surface area contributed by atoms with Gasteiger partial charge in [0.05, 0.1) is 16.8 Å². The van der Waals surface area contributed by atoms with Gasteiger partial charge in [-0.25, -0.2) is 0 Å². The zero-order chi connectivity index (χ0) is 19.4. The van der Waals surface area contributed by atoms with Crippen molar-refractivity contribution in [2.75, 3.05) is 5.32 Å². The predicted molar refractivity (Wildman–Crippen MR) is 98.7 cm³/mol. The van der Waals surface area contributed by atoms with Crippen molar-refractivity contribution >= 4 is 28.6 Å². The Labute approximate surface area is 158 Å². The van der Waals surface area contributed by atoms with Crippen LogP contribution < -0.4 is 10.6 Å². The monoisotopic (exact) mass is 394 g/mol. The number of benzene rings is 2. The fourth-order valence-corrected chi connectivity index (χ4v) is 3.04. The first kappa shape index (κ1) is 19.3. The molecule has 1 fully saturated rings. The third-order valence-corrected chi connectivity index (χ3v) is 4.81. The van der Waals surface area contributed by atoms with Crippen molar-refractivity contribution in [1.29, 1.82) is 0 Å². The van der Waals surface area contributed by atoms with Crippen LogP contribution in [0.15, 0.2) is 48.5 Å². The SMILES string of the molecule is O=C(Nc1ccccc1C(=O)NC1CC1)SCc1ccc(C(F)(F)F)cc1. The number of alkyl halides is 3. The van der Waals surface area contributed by atoms with Gasteiger partial charge in [0, 0.05) is 11.8 Å². The summed E-state index contributed by atoms with van der Waals surface area (Å²) in [7, 11) is 0. The Balaban J connectivity index is 1.57. The number of thioether (sulfide) groups is 1. The van der Waals surface area contributed by atoms with E-state index < -0.39 is 11.7 Å². The number of anilines is 1. The van der Waals surface area contributed by atoms with Crippen molar-refractivity contribution < 1.29 is 22.8 Å². The number of hydrogen-bond donors (Lipinski definition) is 2. The van der Waals surface area contributed by atoms with Crippen LogP contribution in [-0.4, -0.2) is 17.2 Å². The molecule has 2 N–H and O–H groups in total. The van der Waals surface area contributed by atoms with Crippen molar-refractivity contribution in [1.82, 2.24) is 5.32 Å². The van der Waals surface area contributed by atoms with Gasteiger partial charge in [0.15, 0.2) is 0 Å². The minimum Gasteiger partial charge on any atom is -0.349 e. The van der Waals surface area contributed by atoms with Gasteiger partial charge >= 0.3 is 6.18 Å². The van der Waals surface area contributed by atoms with E-state index in [2.05, 4.69) is 10.6 Å². The third-order valence-electron chi connectivity index (χ3n) is 3.97. The molecule has 0 radical (unpaired) electrons. The number of hydrogen-bond acceptors (Lipinski definition) is 3. The lowest BCUT2D eigenvalue weighted by Gasteiger charge is -2.11. The van der Waals surface area contributed by atoms with Gasteiger partial charge in [0.2, 0.25) is 0 Å². The number of para-hydroxylation sites is 1. The van der Waals surface area contributed by atoms with Crippen LogP contribution >= 0.6 is 11.8 Å². The summed E-state index contributed by atoms with van der Waals surface area (Å²) >= 11 is 0.921. The highest BCUT2D eigenvalue weighted by Crippen LogP contribution is 2.30. The van der Waals surface area contributed by atoms with Crippen molar-refractivity contribution in [3.63, 3.8) is 0 Å². The lowest BCUT2D eigenvalue weighted by atomic mass is 10.1. The summed E-state index contributed by atoms with van der Waals surface area (Å²) in [5.41, 5.74) is 0.660. The van der Waals surface area contributed by atoms with Crippen LogP contribution in [0.4, 0.5) is 23.7 Å². The van der Waals surface area contributed by atoms with Crippen molar-refractivity contribution in [3.05, 3.63) is 65.2 Å². The summed E-state index contributed by atoms with van der Waals surface area (Å²) in [4.78, 5) is 24.4. The van der Waals surface area contributed by atoms with E-state index in [0.717, 1.165) is 36.7 Å². The summed E-state index contributed by atoms with van der Waals surface area (Å²) in [6.45, 7) is 0. The normalized spacial score (nSPS) is 13.9. The Morgan fingerprint density at radius 3 is 2.33 bits per heavy atom. The summed E-state index contributed by atoms with van der Waals surface area (Å²) in [5, 5.41) is 5.16. The molecular weight excluding hydrogens is 377 g/mol. The maximum absolute atomic E-state index is 12.6. The van der Waals surface area contributed by atoms with Crippen LogP contribution in [0.2, 0.25) is 0 Å². The van der Waals surface area contributed by atoms with E-state index in [1.165, 1.54) is 12.1 Å². The molecule has 0 saturated heterocycles. The molecule has 2 aromatic carbocycles. The molecule has 142 valence electrons. The number of carbonyl (C=O) groups excluding carboxylic acids is 2. The molecule has 0 aliphatic heterocycles. The van der Waals surface area contributed by atoms with Gasteiger partial charge in [0.25, 0.3) is 11.1 Å². The average Bonchev–Trinajstić information content (AvgIpc) is 3.44. The third kappa shape index (κ3) is 5.50. The molecule has 0 unspecified atom stereocenters. The van der Waals surface area contributed by atoms with Gasteiger partial charge in [-0.1, -0.05) is 36.0 Å². The van der Waals surface area contributed by atoms with E-state index in [0.29, 0.717) is 16.8 Å². The topological polar surface area (TPSA) is 58.2 Å². The Bertz CT molecular complexity index is 834. The van der Waals surface area contributed by atoms with Gasteiger partial charge in [0.1, 0.15) is 0 Å². The van der Waals surface area contributed by atoms with E-state index in [1.54, 1.807) is 24.3 Å². The Kier molecular flexibility index (Phi) is 5.74. The molecule has 0 heterocycles. The van der Waals surface area contributed by atoms with Gasteiger partial charge in [-0.15, -0.1) is 0 Å². The minimum absolute atomic E-state index is 0.204. The molecule has 1 aliphatic rings. The van der Waals surface area contributed by atoms with Crippen LogP contribution in [-0.2, 0) is 11.9 Å². The highest BCUT2D eigenvalue weighted by molar-refractivity contribution is 8.13. The van der Waals surface area contributed by atoms with Crippen LogP contribution in [0.3, 0.4) is 0 Å². The fraction of sp³-hybridized carbons (Fsp3) is 0.263. The molecule has 2 aromatic rings. The molecule has 2 amide bonds. The van der Waals surface area contributed by atoms with E-state index in [9.17, 15) is 22.8 Å². The Hall–Kier alpha value is -2.48. The quantitative estimate of drug-likeness (QED) is 0.745. The van der Waals surface area contributed by atoms with Crippen molar-refractivity contribution in [3.8, 4) is 0 Å². The first-order valence-electron chi connectivity index (χ1n) is 8.33. The largest absolute Gasteiger partial charge is 0.416 e. The second-order valence-corrected chi connectivity index (χ2v) is 7.14. The first-order valence-corrected chi connectivity index (χ1v) is 9.31. The summed E-state index contributed by atoms with van der Waals surface area (Å²) in [5.74, 6) is -0.0124. The number of amides is 2. The first-order chi connectivity index (χ1) is 12.8. The van der Waals surface area contributed by atoms with Crippen LogP contribution in [0.1, 0.15) is 34.3 Å². The van der Waals surface area contributed by atoms with Gasteiger partial charge < -0.3 is 10.6 Å². The van der Waals surface area contributed by atoms with E-state index in [1.807, 2.05) is 0 Å². The van der Waals surface area contributed by atoms with Gasteiger partial charge in [-0.3, -0.25) is 9.59 Å². The maximum Gasteiger partial charge on any atom is 0.416 e. The van der Waals surface area contributed by atoms with Gasteiger partial charge in [-0.2, -0.15) is 13.2 Å². The highest BCUT2D eigenvalue weighted by Gasteiger charge is 2.30. The highest BCUT2D eigenvalue weighted by atomic mass is 32.2. The Morgan fingerprint density at radius 1 is 1.04 bits per heavy atom. The predicted octanol–water partition coefficient (Wildman–Crippen LogP) is 5.06. The maximum atomic E-state index is 12.6. The molecule has 27 heavy (non-hydrogen) atoms. The van der Waals surface area contributed by atoms with E-state index in [4.69, 9.17) is 0 Å². The smallest absolute Gasteiger partial charge is 0.349 e. The van der Waals surface area contributed by atoms with Gasteiger partial charge in [-0.05, 0) is 42.7 Å². The molecule has 1 aliphatic carbocycles. The molecule has 0 bridgehead atoms. The van der Waals surface area contributed by atoms with E-state index in [-0.39, 0.29) is 22.9 Å².